The van der Waals surface area contributed by atoms with Crippen molar-refractivity contribution in [2.45, 2.75) is 69.6 Å². The molecule has 28 heavy (non-hydrogen) atoms. The van der Waals surface area contributed by atoms with E-state index in [1.54, 1.807) is 0 Å². The summed E-state index contributed by atoms with van der Waals surface area (Å²) in [4.78, 5) is 25.9. The first-order chi connectivity index (χ1) is 13.1. The number of amides is 1. The smallest absolute Gasteiger partial charge is 0.410 e. The fourth-order valence-electron chi connectivity index (χ4n) is 4.30. The Bertz CT molecular complexity index is 755. The van der Waals surface area contributed by atoms with Gasteiger partial charge >= 0.3 is 12.1 Å². The van der Waals surface area contributed by atoms with Gasteiger partial charge < -0.3 is 19.5 Å². The zero-order valence-corrected chi connectivity index (χ0v) is 18.3. The molecule has 6 nitrogen and oxygen atoms in total. The Balaban J connectivity index is 1.92. The number of aliphatic carboxylic acids is 1. The summed E-state index contributed by atoms with van der Waals surface area (Å²) in [5.74, 6) is -0.994. The Morgan fingerprint density at radius 1 is 1.25 bits per heavy atom. The molecule has 1 amide bonds. The second-order valence-electron chi connectivity index (χ2n) is 8.82. The van der Waals surface area contributed by atoms with Crippen LogP contribution in [0.15, 0.2) is 28.7 Å². The van der Waals surface area contributed by atoms with E-state index in [0.29, 0.717) is 19.4 Å². The van der Waals surface area contributed by atoms with Crippen LogP contribution in [0, 0.1) is 0 Å². The van der Waals surface area contributed by atoms with Crippen molar-refractivity contribution in [1.29, 1.82) is 0 Å². The van der Waals surface area contributed by atoms with E-state index in [-0.39, 0.29) is 18.2 Å². The van der Waals surface area contributed by atoms with Gasteiger partial charge in [-0.2, -0.15) is 0 Å². The van der Waals surface area contributed by atoms with Crippen LogP contribution in [0.2, 0.25) is 0 Å². The van der Waals surface area contributed by atoms with Crippen molar-refractivity contribution in [2.75, 3.05) is 13.2 Å². The van der Waals surface area contributed by atoms with E-state index in [0.717, 1.165) is 29.3 Å². The number of rotatable bonds is 4. The molecule has 0 aromatic heterocycles. The van der Waals surface area contributed by atoms with Gasteiger partial charge in [-0.1, -0.05) is 28.1 Å². The van der Waals surface area contributed by atoms with Crippen LogP contribution in [0.5, 0.6) is 0 Å². The summed E-state index contributed by atoms with van der Waals surface area (Å²) in [5.41, 5.74) is -0.693. The van der Waals surface area contributed by atoms with Crippen molar-refractivity contribution in [3.63, 3.8) is 0 Å². The van der Waals surface area contributed by atoms with Crippen LogP contribution in [-0.4, -0.2) is 46.4 Å². The summed E-state index contributed by atoms with van der Waals surface area (Å²) < 4.78 is 12.6. The van der Waals surface area contributed by atoms with Crippen molar-refractivity contribution < 1.29 is 24.2 Å². The van der Waals surface area contributed by atoms with Gasteiger partial charge in [-0.25, -0.2) is 9.59 Å². The van der Waals surface area contributed by atoms with Gasteiger partial charge in [-0.3, -0.25) is 0 Å². The maximum atomic E-state index is 12.9. The van der Waals surface area contributed by atoms with Crippen LogP contribution in [0.4, 0.5) is 4.79 Å². The lowest BCUT2D eigenvalue weighted by atomic mass is 9.64. The Morgan fingerprint density at radius 2 is 1.96 bits per heavy atom. The van der Waals surface area contributed by atoms with Crippen LogP contribution < -0.4 is 0 Å². The summed E-state index contributed by atoms with van der Waals surface area (Å²) in [7, 11) is 0. The van der Waals surface area contributed by atoms with Crippen molar-refractivity contribution in [3.8, 4) is 0 Å². The van der Waals surface area contributed by atoms with Crippen LogP contribution in [-0.2, 0) is 19.9 Å². The van der Waals surface area contributed by atoms with E-state index in [1.165, 1.54) is 0 Å². The highest BCUT2D eigenvalue weighted by Gasteiger charge is 2.55. The molecule has 3 rings (SSSR count). The number of nitrogens with zero attached hydrogens (tertiary/aromatic N) is 1. The van der Waals surface area contributed by atoms with Crippen molar-refractivity contribution in [3.05, 3.63) is 34.3 Å². The van der Waals surface area contributed by atoms with E-state index in [4.69, 9.17) is 9.47 Å². The highest BCUT2D eigenvalue weighted by Crippen LogP contribution is 2.52. The third-order valence-corrected chi connectivity index (χ3v) is 6.14. The van der Waals surface area contributed by atoms with Crippen molar-refractivity contribution in [1.82, 2.24) is 4.90 Å². The summed E-state index contributed by atoms with van der Waals surface area (Å²) >= 11 is 3.50. The van der Waals surface area contributed by atoms with Gasteiger partial charge in [0.25, 0.3) is 0 Å². The number of ether oxygens (including phenoxy) is 2. The van der Waals surface area contributed by atoms with Crippen LogP contribution in [0.25, 0.3) is 0 Å². The third kappa shape index (κ3) is 4.35. The summed E-state index contributed by atoms with van der Waals surface area (Å²) in [6.45, 7) is 5.70. The van der Waals surface area contributed by atoms with Crippen LogP contribution in [0.3, 0.4) is 0 Å². The Kier molecular flexibility index (Phi) is 5.79. The molecule has 2 fully saturated rings. The van der Waals surface area contributed by atoms with Crippen LogP contribution in [0.1, 0.15) is 58.4 Å². The molecule has 1 unspecified atom stereocenters. The molecule has 2 aliphatic rings. The molecular formula is C21H28BrNO5. The SMILES string of the molecule is CC(C)(C)OC(=O)N1CCC(OCC(=O)O)(c2cccc(Br)c2)CC12CCC2. The van der Waals surface area contributed by atoms with Gasteiger partial charge in [0.05, 0.1) is 5.60 Å². The second kappa shape index (κ2) is 7.67. The molecule has 1 saturated carbocycles. The zero-order valence-electron chi connectivity index (χ0n) is 16.7. The topological polar surface area (TPSA) is 76.1 Å². The van der Waals surface area contributed by atoms with Gasteiger partial charge in [0, 0.05) is 23.0 Å². The van der Waals surface area contributed by atoms with Gasteiger partial charge in [-0.05, 0) is 64.2 Å². The largest absolute Gasteiger partial charge is 0.480 e. The first-order valence-electron chi connectivity index (χ1n) is 9.68. The minimum atomic E-state index is -0.994. The molecule has 154 valence electrons. The highest BCUT2D eigenvalue weighted by molar-refractivity contribution is 9.10. The fourth-order valence-corrected chi connectivity index (χ4v) is 4.70. The Morgan fingerprint density at radius 3 is 2.50 bits per heavy atom. The van der Waals surface area contributed by atoms with Crippen molar-refractivity contribution in [2.24, 2.45) is 0 Å². The minimum absolute atomic E-state index is 0.298. The summed E-state index contributed by atoms with van der Waals surface area (Å²) in [6.07, 6.45) is 3.58. The maximum Gasteiger partial charge on any atom is 0.410 e. The van der Waals surface area contributed by atoms with E-state index in [9.17, 15) is 14.7 Å². The standard InChI is InChI=1S/C21H28BrNO5/c1-19(2,3)28-18(26)23-11-10-21(27-13-17(24)25,14-20(23)8-5-9-20)15-6-4-7-16(22)12-15/h4,6-7,12H,5,8-11,13-14H2,1-3H3,(H,24,25). The molecule has 0 radical (unpaired) electrons. The van der Waals surface area contributed by atoms with E-state index >= 15 is 0 Å². The highest BCUT2D eigenvalue weighted by atomic mass is 79.9. The maximum absolute atomic E-state index is 12.9. The van der Waals surface area contributed by atoms with Crippen molar-refractivity contribution >= 4 is 28.0 Å². The summed E-state index contributed by atoms with van der Waals surface area (Å²) in [6, 6.07) is 7.82. The molecule has 1 N–H and O–H groups in total. The first kappa shape index (κ1) is 21.1. The quantitative estimate of drug-likeness (QED) is 0.714. The lowest BCUT2D eigenvalue weighted by Crippen LogP contribution is -2.64. The van der Waals surface area contributed by atoms with Crippen LogP contribution >= 0.6 is 15.9 Å². The third-order valence-electron chi connectivity index (χ3n) is 5.65. The lowest BCUT2D eigenvalue weighted by molar-refractivity contribution is -0.170. The number of carbonyl (C=O) groups excluding carboxylic acids is 1. The monoisotopic (exact) mass is 453 g/mol. The zero-order chi connectivity index (χ0) is 20.6. The average molecular weight is 454 g/mol. The number of carboxylic acids is 1. The molecule has 0 bridgehead atoms. The molecule has 1 atom stereocenters. The van der Waals surface area contributed by atoms with E-state index in [1.807, 2.05) is 49.9 Å². The molecule has 7 heteroatoms. The number of benzene rings is 1. The molecule has 1 heterocycles. The molecular weight excluding hydrogens is 426 g/mol. The van der Waals surface area contributed by atoms with Gasteiger partial charge in [-0.15, -0.1) is 0 Å². The molecule has 1 aliphatic heterocycles. The number of likely N-dealkylation sites (tertiary alicyclic amines) is 1. The second-order valence-corrected chi connectivity index (χ2v) is 9.74. The first-order valence-corrected chi connectivity index (χ1v) is 10.5. The van der Waals surface area contributed by atoms with Gasteiger partial charge in [0.15, 0.2) is 0 Å². The molecule has 1 aromatic carbocycles. The number of piperidine rings is 1. The van der Waals surface area contributed by atoms with Gasteiger partial charge in [0.2, 0.25) is 0 Å². The summed E-state index contributed by atoms with van der Waals surface area (Å²) in [5, 5.41) is 9.21. The molecule has 1 spiro atoms. The predicted molar refractivity (Wildman–Crippen MR) is 108 cm³/mol. The number of hydrogen-bond acceptors (Lipinski definition) is 4. The number of carboxylic acid groups (broad SMARTS) is 1. The fraction of sp³-hybridized carbons (Fsp3) is 0.619. The van der Waals surface area contributed by atoms with E-state index < -0.39 is 17.2 Å². The van der Waals surface area contributed by atoms with Gasteiger partial charge in [0.1, 0.15) is 12.2 Å². The average Bonchev–Trinajstić information content (AvgIpc) is 2.56. The number of halogens is 1. The molecule has 1 aromatic rings. The number of hydrogen-bond donors (Lipinski definition) is 1. The Hall–Kier alpha value is -1.60. The molecule has 1 aliphatic carbocycles. The predicted octanol–water partition coefficient (Wildman–Crippen LogP) is 4.70. The van der Waals surface area contributed by atoms with E-state index in [2.05, 4.69) is 15.9 Å². The molecule has 1 saturated heterocycles. The normalized spacial score (nSPS) is 23.9. The number of carbonyl (C=O) groups is 2. The minimum Gasteiger partial charge on any atom is -0.480 e. The Labute approximate surface area is 174 Å². The lowest BCUT2D eigenvalue weighted by Gasteiger charge is -2.58.